The molecule has 0 aliphatic carbocycles. The lowest BCUT2D eigenvalue weighted by Gasteiger charge is -2.18. The summed E-state index contributed by atoms with van der Waals surface area (Å²) >= 11 is 0. The monoisotopic (exact) mass is 273 g/mol. The zero-order valence-electron chi connectivity index (χ0n) is 11.3. The van der Waals surface area contributed by atoms with Crippen molar-refractivity contribution < 1.29 is 14.3 Å². The number of benzene rings is 1. The Hall–Kier alpha value is -2.50. The fraction of sp³-hybridized carbons (Fsp3) is 0.286. The first-order valence-corrected chi connectivity index (χ1v) is 6.37. The SMILES string of the molecule is Cc1[nH]nc(NC(=O)c2ccc3c(c2)OCCO3)c1C. The van der Waals surface area contributed by atoms with Gasteiger partial charge >= 0.3 is 0 Å². The third-order valence-electron chi connectivity index (χ3n) is 3.29. The van der Waals surface area contributed by atoms with E-state index >= 15 is 0 Å². The largest absolute Gasteiger partial charge is 0.486 e. The van der Waals surface area contributed by atoms with Gasteiger partial charge in [0.15, 0.2) is 17.3 Å². The van der Waals surface area contributed by atoms with Crippen molar-refractivity contribution in [2.45, 2.75) is 13.8 Å². The smallest absolute Gasteiger partial charge is 0.257 e. The van der Waals surface area contributed by atoms with Crippen LogP contribution in [0.5, 0.6) is 11.5 Å². The maximum absolute atomic E-state index is 12.2. The highest BCUT2D eigenvalue weighted by molar-refractivity contribution is 6.04. The number of aromatic nitrogens is 2. The topological polar surface area (TPSA) is 76.2 Å². The lowest BCUT2D eigenvalue weighted by Crippen LogP contribution is -2.17. The van der Waals surface area contributed by atoms with Crippen LogP contribution in [0.2, 0.25) is 0 Å². The van der Waals surface area contributed by atoms with Crippen molar-refractivity contribution in [3.8, 4) is 11.5 Å². The Balaban J connectivity index is 1.82. The molecule has 1 amide bonds. The molecule has 1 aromatic heterocycles. The molecule has 0 unspecified atom stereocenters. The molecule has 1 aliphatic rings. The van der Waals surface area contributed by atoms with E-state index in [4.69, 9.17) is 9.47 Å². The van der Waals surface area contributed by atoms with Gasteiger partial charge in [0.2, 0.25) is 0 Å². The average molecular weight is 273 g/mol. The number of hydrogen-bond acceptors (Lipinski definition) is 4. The molecule has 0 spiro atoms. The highest BCUT2D eigenvalue weighted by Gasteiger charge is 2.16. The summed E-state index contributed by atoms with van der Waals surface area (Å²) in [6, 6.07) is 5.13. The lowest BCUT2D eigenvalue weighted by molar-refractivity contribution is 0.102. The number of carbonyl (C=O) groups is 1. The molecule has 1 aromatic carbocycles. The Labute approximate surface area is 116 Å². The molecule has 0 atom stereocenters. The predicted octanol–water partition coefficient (Wildman–Crippen LogP) is 2.05. The summed E-state index contributed by atoms with van der Waals surface area (Å²) in [7, 11) is 0. The minimum absolute atomic E-state index is 0.225. The average Bonchev–Trinajstić information content (AvgIpc) is 2.78. The highest BCUT2D eigenvalue weighted by atomic mass is 16.6. The molecule has 0 radical (unpaired) electrons. The van der Waals surface area contributed by atoms with Gasteiger partial charge in [-0.3, -0.25) is 9.89 Å². The van der Waals surface area contributed by atoms with Crippen molar-refractivity contribution in [1.82, 2.24) is 10.2 Å². The van der Waals surface area contributed by atoms with Gasteiger partial charge in [-0.1, -0.05) is 0 Å². The molecular formula is C14H15N3O3. The molecule has 3 rings (SSSR count). The number of aromatic amines is 1. The van der Waals surface area contributed by atoms with Crippen LogP contribution in [0.4, 0.5) is 5.82 Å². The number of ether oxygens (including phenoxy) is 2. The third kappa shape index (κ3) is 2.20. The predicted molar refractivity (Wildman–Crippen MR) is 73.4 cm³/mol. The molecule has 6 nitrogen and oxygen atoms in total. The Kier molecular flexibility index (Phi) is 3.06. The van der Waals surface area contributed by atoms with Gasteiger partial charge in [0, 0.05) is 16.8 Å². The zero-order valence-corrected chi connectivity index (χ0v) is 11.3. The highest BCUT2D eigenvalue weighted by Crippen LogP contribution is 2.31. The number of nitrogens with zero attached hydrogens (tertiary/aromatic N) is 1. The molecule has 0 saturated carbocycles. The van der Waals surface area contributed by atoms with E-state index < -0.39 is 0 Å². The number of aryl methyl sites for hydroxylation is 1. The van der Waals surface area contributed by atoms with E-state index in [1.165, 1.54) is 0 Å². The van der Waals surface area contributed by atoms with Crippen molar-refractivity contribution in [2.75, 3.05) is 18.5 Å². The zero-order chi connectivity index (χ0) is 14.1. The number of amides is 1. The molecule has 2 aromatic rings. The quantitative estimate of drug-likeness (QED) is 0.878. The van der Waals surface area contributed by atoms with Gasteiger partial charge in [0.05, 0.1) is 0 Å². The maximum Gasteiger partial charge on any atom is 0.257 e. The Morgan fingerprint density at radius 2 is 2.00 bits per heavy atom. The second-order valence-electron chi connectivity index (χ2n) is 4.63. The van der Waals surface area contributed by atoms with E-state index in [1.807, 2.05) is 13.8 Å². The second kappa shape index (κ2) is 4.88. The number of nitrogens with one attached hydrogen (secondary N) is 2. The summed E-state index contributed by atoms with van der Waals surface area (Å²) in [5.41, 5.74) is 2.37. The van der Waals surface area contributed by atoms with Crippen LogP contribution in [0.15, 0.2) is 18.2 Å². The van der Waals surface area contributed by atoms with Crippen molar-refractivity contribution in [3.05, 3.63) is 35.0 Å². The van der Waals surface area contributed by atoms with E-state index in [1.54, 1.807) is 18.2 Å². The van der Waals surface area contributed by atoms with Gasteiger partial charge in [-0.05, 0) is 32.0 Å². The lowest BCUT2D eigenvalue weighted by atomic mass is 10.1. The fourth-order valence-corrected chi connectivity index (χ4v) is 1.97. The first-order valence-electron chi connectivity index (χ1n) is 6.37. The van der Waals surface area contributed by atoms with Crippen LogP contribution in [-0.4, -0.2) is 29.3 Å². The minimum atomic E-state index is -0.225. The van der Waals surface area contributed by atoms with Gasteiger partial charge < -0.3 is 14.8 Å². The standard InChI is InChI=1S/C14H15N3O3/c1-8-9(2)16-17-13(8)15-14(18)10-3-4-11-12(7-10)20-6-5-19-11/h3-4,7H,5-6H2,1-2H3,(H2,15,16,17,18). The summed E-state index contributed by atoms with van der Waals surface area (Å²) in [4.78, 5) is 12.2. The van der Waals surface area contributed by atoms with E-state index in [0.717, 1.165) is 11.3 Å². The number of fused-ring (bicyclic) bond motifs is 1. The molecule has 20 heavy (non-hydrogen) atoms. The van der Waals surface area contributed by atoms with Crippen LogP contribution >= 0.6 is 0 Å². The van der Waals surface area contributed by atoms with Crippen molar-refractivity contribution in [1.29, 1.82) is 0 Å². The Morgan fingerprint density at radius 3 is 2.70 bits per heavy atom. The first-order chi connectivity index (χ1) is 9.65. The summed E-state index contributed by atoms with van der Waals surface area (Å²) in [6.07, 6.45) is 0. The van der Waals surface area contributed by atoms with E-state index in [0.29, 0.717) is 36.1 Å². The Bertz CT molecular complexity index is 664. The van der Waals surface area contributed by atoms with Crippen LogP contribution < -0.4 is 14.8 Å². The molecular weight excluding hydrogens is 258 g/mol. The molecule has 104 valence electrons. The van der Waals surface area contributed by atoms with Gasteiger partial charge in [-0.2, -0.15) is 5.10 Å². The van der Waals surface area contributed by atoms with Gasteiger partial charge in [-0.25, -0.2) is 0 Å². The maximum atomic E-state index is 12.2. The molecule has 6 heteroatoms. The van der Waals surface area contributed by atoms with Crippen molar-refractivity contribution in [3.63, 3.8) is 0 Å². The van der Waals surface area contributed by atoms with Gasteiger partial charge in [0.1, 0.15) is 13.2 Å². The number of hydrogen-bond donors (Lipinski definition) is 2. The molecule has 0 fully saturated rings. The van der Waals surface area contributed by atoms with Crippen LogP contribution in [0, 0.1) is 13.8 Å². The Morgan fingerprint density at radius 1 is 1.25 bits per heavy atom. The van der Waals surface area contributed by atoms with E-state index in [2.05, 4.69) is 15.5 Å². The first kappa shape index (κ1) is 12.5. The summed E-state index contributed by atoms with van der Waals surface area (Å²) in [5.74, 6) is 1.58. The van der Waals surface area contributed by atoms with E-state index in [-0.39, 0.29) is 5.91 Å². The molecule has 2 heterocycles. The van der Waals surface area contributed by atoms with Crippen LogP contribution in [0.25, 0.3) is 0 Å². The van der Waals surface area contributed by atoms with Crippen LogP contribution in [0.3, 0.4) is 0 Å². The second-order valence-corrected chi connectivity index (χ2v) is 4.63. The summed E-state index contributed by atoms with van der Waals surface area (Å²) in [5, 5.41) is 9.67. The van der Waals surface area contributed by atoms with Crippen LogP contribution in [-0.2, 0) is 0 Å². The van der Waals surface area contributed by atoms with Gasteiger partial charge in [0.25, 0.3) is 5.91 Å². The third-order valence-corrected chi connectivity index (χ3v) is 3.29. The molecule has 1 aliphatic heterocycles. The van der Waals surface area contributed by atoms with Crippen LogP contribution in [0.1, 0.15) is 21.6 Å². The summed E-state index contributed by atoms with van der Waals surface area (Å²) in [6.45, 7) is 4.83. The van der Waals surface area contributed by atoms with E-state index in [9.17, 15) is 4.79 Å². The summed E-state index contributed by atoms with van der Waals surface area (Å²) < 4.78 is 10.9. The van der Waals surface area contributed by atoms with Crippen molar-refractivity contribution >= 4 is 11.7 Å². The normalized spacial score (nSPS) is 13.1. The molecule has 2 N–H and O–H groups in total. The number of carbonyl (C=O) groups excluding carboxylic acids is 1. The molecule has 0 saturated heterocycles. The number of anilines is 1. The number of rotatable bonds is 2. The minimum Gasteiger partial charge on any atom is -0.486 e. The fourth-order valence-electron chi connectivity index (χ4n) is 1.97. The van der Waals surface area contributed by atoms with Crippen molar-refractivity contribution in [2.24, 2.45) is 0 Å². The number of H-pyrrole nitrogens is 1. The molecule has 0 bridgehead atoms. The van der Waals surface area contributed by atoms with Gasteiger partial charge in [-0.15, -0.1) is 0 Å².